The molecular formula is C20H23FN7OP. The van der Waals surface area contributed by atoms with Crippen LogP contribution in [0.1, 0.15) is 61.3 Å². The zero-order valence-corrected chi connectivity index (χ0v) is 18.2. The van der Waals surface area contributed by atoms with E-state index in [1.54, 1.807) is 6.33 Å². The molecular weight excluding hydrogens is 404 g/mol. The van der Waals surface area contributed by atoms with Gasteiger partial charge in [-0.05, 0) is 30.5 Å². The first-order valence-corrected chi connectivity index (χ1v) is 10.5. The second kappa shape index (κ2) is 6.87. The second-order valence-electron chi connectivity index (χ2n) is 8.09. The van der Waals surface area contributed by atoms with Crippen molar-refractivity contribution in [1.29, 1.82) is 0 Å². The summed E-state index contributed by atoms with van der Waals surface area (Å²) < 4.78 is 21.9. The van der Waals surface area contributed by atoms with Crippen molar-refractivity contribution >= 4 is 20.8 Å². The van der Waals surface area contributed by atoms with E-state index in [9.17, 15) is 4.39 Å². The fourth-order valence-electron chi connectivity index (χ4n) is 3.99. The molecule has 4 aromatic rings. The lowest BCUT2D eigenvalue weighted by Crippen LogP contribution is -2.37. The largest absolute Gasteiger partial charge is 0.404 e. The number of nitrogens with zero attached hydrogens (tertiary/aromatic N) is 6. The summed E-state index contributed by atoms with van der Waals surface area (Å²) in [6.45, 7) is 6.31. The van der Waals surface area contributed by atoms with Gasteiger partial charge in [0.25, 0.3) is 5.89 Å². The summed E-state index contributed by atoms with van der Waals surface area (Å²) in [5, 5.41) is 11.1. The normalized spacial score (nSPS) is 18.7. The van der Waals surface area contributed by atoms with E-state index in [0.717, 1.165) is 29.0 Å². The van der Waals surface area contributed by atoms with Crippen molar-refractivity contribution < 1.29 is 8.81 Å². The molecule has 4 aromatic heterocycles. The van der Waals surface area contributed by atoms with Crippen molar-refractivity contribution in [3.8, 4) is 0 Å². The van der Waals surface area contributed by atoms with Crippen molar-refractivity contribution in [3.05, 3.63) is 59.3 Å². The Labute approximate surface area is 175 Å². The first-order chi connectivity index (χ1) is 14.3. The smallest absolute Gasteiger partial charge is 0.319 e. The van der Waals surface area contributed by atoms with Gasteiger partial charge in [0, 0.05) is 24.9 Å². The van der Waals surface area contributed by atoms with E-state index in [0.29, 0.717) is 12.5 Å². The number of aromatic amines is 1. The van der Waals surface area contributed by atoms with E-state index < -0.39 is 5.41 Å². The Kier molecular flexibility index (Phi) is 4.39. The van der Waals surface area contributed by atoms with Crippen molar-refractivity contribution in [2.24, 2.45) is 0 Å². The van der Waals surface area contributed by atoms with Gasteiger partial charge in [0.15, 0.2) is 5.41 Å². The van der Waals surface area contributed by atoms with E-state index in [1.807, 2.05) is 21.7 Å². The van der Waals surface area contributed by atoms with Crippen molar-refractivity contribution in [2.45, 2.75) is 44.6 Å². The maximum atomic E-state index is 14.3. The molecule has 0 spiro atoms. The highest BCUT2D eigenvalue weighted by Crippen LogP contribution is 2.39. The molecule has 156 valence electrons. The van der Waals surface area contributed by atoms with Crippen LogP contribution in [0.5, 0.6) is 0 Å². The summed E-state index contributed by atoms with van der Waals surface area (Å²) in [6.07, 6.45) is 4.37. The third-order valence-electron chi connectivity index (χ3n) is 5.46. The molecule has 30 heavy (non-hydrogen) atoms. The second-order valence-corrected chi connectivity index (χ2v) is 9.18. The predicted octanol–water partition coefficient (Wildman–Crippen LogP) is 3.73. The Balaban J connectivity index is 1.64. The zero-order valence-electron chi connectivity index (χ0n) is 17.0. The molecule has 0 bridgehead atoms. The SMILES string of the molecule is CC(C)c1cccn2nc([C@H]3c4nc[nH]c4CCN3c3nnc(C(C)(F)P)o3)cc12. The number of H-pyrrole nitrogens is 1. The van der Waals surface area contributed by atoms with E-state index in [2.05, 4.69) is 55.4 Å². The number of nitrogens with one attached hydrogen (secondary N) is 1. The Hall–Kier alpha value is -2.80. The van der Waals surface area contributed by atoms with Crippen LogP contribution >= 0.6 is 9.24 Å². The number of hydrogen-bond donors (Lipinski definition) is 1. The van der Waals surface area contributed by atoms with E-state index in [1.165, 1.54) is 12.5 Å². The van der Waals surface area contributed by atoms with Gasteiger partial charge in [-0.3, -0.25) is 0 Å². The lowest BCUT2D eigenvalue weighted by atomic mass is 9.99. The molecule has 3 atom stereocenters. The average molecular weight is 427 g/mol. The molecule has 8 nitrogen and oxygen atoms in total. The van der Waals surface area contributed by atoms with Gasteiger partial charge in [0.2, 0.25) is 0 Å². The summed E-state index contributed by atoms with van der Waals surface area (Å²) in [5.41, 5.74) is 5.02. The fourth-order valence-corrected chi connectivity index (χ4v) is 4.11. The first kappa shape index (κ1) is 19.2. The maximum Gasteiger partial charge on any atom is 0.319 e. The minimum absolute atomic E-state index is 0.0776. The molecule has 5 rings (SSSR count). The van der Waals surface area contributed by atoms with Crippen LogP contribution in [-0.4, -0.2) is 36.3 Å². The molecule has 1 aliphatic rings. The van der Waals surface area contributed by atoms with Gasteiger partial charge in [-0.25, -0.2) is 13.9 Å². The number of halogens is 1. The maximum absolute atomic E-state index is 14.3. The number of hydrogen-bond acceptors (Lipinski definition) is 6. The van der Waals surface area contributed by atoms with Gasteiger partial charge in [-0.2, -0.15) is 5.10 Å². The number of fused-ring (bicyclic) bond motifs is 2. The van der Waals surface area contributed by atoms with Crippen LogP contribution < -0.4 is 4.90 Å². The number of pyridine rings is 1. The molecule has 0 aliphatic carbocycles. The highest BCUT2D eigenvalue weighted by atomic mass is 31.0. The van der Waals surface area contributed by atoms with E-state index in [-0.39, 0.29) is 17.9 Å². The van der Waals surface area contributed by atoms with Crippen molar-refractivity contribution in [1.82, 2.24) is 29.8 Å². The number of alkyl halides is 1. The van der Waals surface area contributed by atoms with Gasteiger partial charge < -0.3 is 14.3 Å². The van der Waals surface area contributed by atoms with Crippen LogP contribution in [0.2, 0.25) is 0 Å². The molecule has 2 unspecified atom stereocenters. The van der Waals surface area contributed by atoms with Crippen LogP contribution in [0, 0.1) is 0 Å². The monoisotopic (exact) mass is 427 g/mol. The highest BCUT2D eigenvalue weighted by Gasteiger charge is 2.37. The standard InChI is InChI=1S/C20H23FN7OP/c1-11(2)12-5-4-7-28-15(12)9-14(26-28)17-16-13(22-10-23-16)6-8-27(17)19-25-24-18(29-19)20(3,21)30/h4-5,7,9-11,17H,6,8,30H2,1-3H3,(H,22,23)/t17-,20?/m0/s1. The van der Waals surface area contributed by atoms with Crippen molar-refractivity contribution in [3.63, 3.8) is 0 Å². The third-order valence-corrected chi connectivity index (χ3v) is 5.71. The van der Waals surface area contributed by atoms with Crippen LogP contribution in [-0.2, 0) is 11.8 Å². The van der Waals surface area contributed by atoms with E-state index >= 15 is 0 Å². The fraction of sp³-hybridized carbons (Fsp3) is 0.400. The minimum atomic E-state index is -1.79. The van der Waals surface area contributed by atoms with Crippen LogP contribution in [0.25, 0.3) is 5.52 Å². The minimum Gasteiger partial charge on any atom is -0.404 e. The lowest BCUT2D eigenvalue weighted by Gasteiger charge is -2.32. The van der Waals surface area contributed by atoms with Crippen LogP contribution in [0.4, 0.5) is 10.4 Å². The van der Waals surface area contributed by atoms with Gasteiger partial charge in [0.05, 0.1) is 23.2 Å². The Bertz CT molecular complexity index is 1210. The third kappa shape index (κ3) is 3.08. The number of imidazole rings is 1. The molecule has 10 heteroatoms. The molecule has 1 aliphatic heterocycles. The molecule has 0 radical (unpaired) electrons. The molecule has 0 saturated carbocycles. The average Bonchev–Trinajstić information content (AvgIpc) is 3.43. The van der Waals surface area contributed by atoms with Crippen molar-refractivity contribution in [2.75, 3.05) is 11.4 Å². The van der Waals surface area contributed by atoms with E-state index in [4.69, 9.17) is 9.52 Å². The summed E-state index contributed by atoms with van der Waals surface area (Å²) >= 11 is 0. The topological polar surface area (TPSA) is 88.1 Å². The van der Waals surface area contributed by atoms with Gasteiger partial charge >= 0.3 is 6.01 Å². The molecule has 5 heterocycles. The Morgan fingerprint density at radius 2 is 2.20 bits per heavy atom. The zero-order chi connectivity index (χ0) is 21.0. The Morgan fingerprint density at radius 1 is 1.37 bits per heavy atom. The number of aromatic nitrogens is 6. The predicted molar refractivity (Wildman–Crippen MR) is 113 cm³/mol. The summed E-state index contributed by atoms with van der Waals surface area (Å²) in [5.74, 6) is 0.288. The summed E-state index contributed by atoms with van der Waals surface area (Å²) in [7, 11) is 2.08. The molecule has 1 N–H and O–H groups in total. The number of anilines is 1. The first-order valence-electron chi connectivity index (χ1n) is 9.91. The quantitative estimate of drug-likeness (QED) is 0.500. The molecule has 0 fully saturated rings. The van der Waals surface area contributed by atoms with Crippen LogP contribution in [0.15, 0.2) is 35.1 Å². The lowest BCUT2D eigenvalue weighted by molar-refractivity contribution is 0.257. The molecule has 0 aromatic carbocycles. The van der Waals surface area contributed by atoms with Gasteiger partial charge in [0.1, 0.15) is 6.04 Å². The summed E-state index contributed by atoms with van der Waals surface area (Å²) in [4.78, 5) is 9.73. The molecule has 0 saturated heterocycles. The van der Waals surface area contributed by atoms with Gasteiger partial charge in [-0.1, -0.05) is 34.3 Å². The van der Waals surface area contributed by atoms with Crippen LogP contribution in [0.3, 0.4) is 0 Å². The summed E-state index contributed by atoms with van der Waals surface area (Å²) in [6, 6.07) is 6.15. The Morgan fingerprint density at radius 3 is 2.93 bits per heavy atom. The molecule has 0 amide bonds. The van der Waals surface area contributed by atoms with Gasteiger partial charge in [-0.15, -0.1) is 5.10 Å². The number of rotatable bonds is 4. The highest BCUT2D eigenvalue weighted by molar-refractivity contribution is 7.18.